The zero-order valence-corrected chi connectivity index (χ0v) is 28.7. The van der Waals surface area contributed by atoms with E-state index >= 15 is 0 Å². The molecule has 0 radical (unpaired) electrons. The molecule has 4 aliphatic rings. The fourth-order valence-electron chi connectivity index (χ4n) is 8.34. The molecule has 0 saturated heterocycles. The van der Waals surface area contributed by atoms with Crippen LogP contribution in [0.5, 0.6) is 0 Å². The first-order valence-electron chi connectivity index (χ1n) is 15.4. The highest BCUT2D eigenvalue weighted by molar-refractivity contribution is 6.74. The Bertz CT molecular complexity index is 908. The van der Waals surface area contributed by atoms with Crippen LogP contribution in [0.15, 0.2) is 11.6 Å². The molecule has 3 nitrogen and oxygen atoms in total. The summed E-state index contributed by atoms with van der Waals surface area (Å²) >= 11 is 0. The van der Waals surface area contributed by atoms with Crippen LogP contribution in [0.25, 0.3) is 0 Å². The van der Waals surface area contributed by atoms with Crippen molar-refractivity contribution >= 4 is 16.6 Å². The van der Waals surface area contributed by atoms with Crippen LogP contribution < -0.4 is 0 Å². The monoisotopic (exact) mass is 548 g/mol. The first-order valence-corrected chi connectivity index (χ1v) is 21.2. The Balaban J connectivity index is 1.60. The molecule has 0 bridgehead atoms. The highest BCUT2D eigenvalue weighted by atomic mass is 28.4. The van der Waals surface area contributed by atoms with E-state index in [0.29, 0.717) is 30.0 Å². The van der Waals surface area contributed by atoms with Crippen molar-refractivity contribution in [3.63, 3.8) is 0 Å². The quantitative estimate of drug-likeness (QED) is 0.281. The molecular formula is C32H60O3Si2. The van der Waals surface area contributed by atoms with Crippen LogP contribution in [0.1, 0.15) is 107 Å². The number of rotatable bonds is 4. The predicted octanol–water partition coefficient (Wildman–Crippen LogP) is 9.09. The maximum absolute atomic E-state index is 12.1. The molecule has 4 rings (SSSR count). The van der Waals surface area contributed by atoms with Crippen LogP contribution in [-0.2, 0) is 8.85 Å². The zero-order valence-electron chi connectivity index (χ0n) is 26.7. The summed E-state index contributed by atoms with van der Waals surface area (Å²) in [6.07, 6.45) is 11.1. The minimum Gasteiger partial charge on any atom is -0.414 e. The van der Waals surface area contributed by atoms with Crippen molar-refractivity contribution in [1.82, 2.24) is 0 Å². The number of hydrogen-bond acceptors (Lipinski definition) is 3. The van der Waals surface area contributed by atoms with E-state index in [1.165, 1.54) is 31.3 Å². The maximum atomic E-state index is 12.1. The van der Waals surface area contributed by atoms with Gasteiger partial charge in [-0.1, -0.05) is 67.0 Å². The number of fused-ring (bicyclic) bond motifs is 5. The Morgan fingerprint density at radius 2 is 1.35 bits per heavy atom. The molecular weight excluding hydrogens is 489 g/mol. The SMILES string of the molecule is CC(C)(C)[Si](C)(C)O[C@H]1CC[C@@]2(C)C(=C[C@@](C)(O)[C@H]3[C@@H]4CC[C@H](O[Si](C)(C)C(C)(C)C)[C@@]4(C)CC[C@@H]32)C1. The Kier molecular flexibility index (Phi) is 7.32. The topological polar surface area (TPSA) is 38.7 Å². The molecule has 0 aromatic heterocycles. The van der Waals surface area contributed by atoms with Gasteiger partial charge in [-0.2, -0.15) is 0 Å². The van der Waals surface area contributed by atoms with Crippen LogP contribution in [-0.4, -0.2) is 39.6 Å². The van der Waals surface area contributed by atoms with Gasteiger partial charge in [0.15, 0.2) is 16.6 Å². The molecule has 4 aliphatic carbocycles. The molecule has 0 aromatic rings. The van der Waals surface area contributed by atoms with E-state index < -0.39 is 22.2 Å². The molecule has 0 aliphatic heterocycles. The van der Waals surface area contributed by atoms with Gasteiger partial charge in [-0.25, -0.2) is 0 Å². The Labute approximate surface area is 231 Å². The van der Waals surface area contributed by atoms with E-state index in [-0.39, 0.29) is 20.9 Å². The molecule has 5 heteroatoms. The molecule has 3 fully saturated rings. The number of aliphatic hydroxyl groups is 1. The molecule has 1 N–H and O–H groups in total. The van der Waals surface area contributed by atoms with Gasteiger partial charge in [0.1, 0.15) is 0 Å². The second-order valence-electron chi connectivity index (χ2n) is 17.3. The normalized spacial score (nSPS) is 43.1. The second kappa shape index (κ2) is 9.03. The van der Waals surface area contributed by atoms with Crippen LogP contribution in [0, 0.1) is 28.6 Å². The third kappa shape index (κ3) is 4.93. The van der Waals surface area contributed by atoms with Gasteiger partial charge in [0.05, 0.1) is 11.7 Å². The van der Waals surface area contributed by atoms with Gasteiger partial charge < -0.3 is 14.0 Å². The van der Waals surface area contributed by atoms with Gasteiger partial charge in [-0.05, 0) is 117 Å². The Morgan fingerprint density at radius 3 is 1.92 bits per heavy atom. The van der Waals surface area contributed by atoms with E-state index in [0.717, 1.165) is 19.3 Å². The van der Waals surface area contributed by atoms with E-state index in [2.05, 4.69) is 94.6 Å². The summed E-state index contributed by atoms with van der Waals surface area (Å²) in [6, 6.07) is 0. The van der Waals surface area contributed by atoms with Gasteiger partial charge in [0.25, 0.3) is 0 Å². The van der Waals surface area contributed by atoms with Crippen molar-refractivity contribution < 1.29 is 14.0 Å². The molecule has 0 spiro atoms. The summed E-state index contributed by atoms with van der Waals surface area (Å²) in [5.41, 5.74) is 1.10. The van der Waals surface area contributed by atoms with Crippen LogP contribution in [0.2, 0.25) is 36.3 Å². The average molecular weight is 549 g/mol. The summed E-state index contributed by atoms with van der Waals surface area (Å²) in [6.45, 7) is 30.8. The van der Waals surface area contributed by atoms with Gasteiger partial charge in [-0.15, -0.1) is 0 Å². The van der Waals surface area contributed by atoms with Gasteiger partial charge in [0, 0.05) is 6.10 Å². The van der Waals surface area contributed by atoms with Crippen LogP contribution >= 0.6 is 0 Å². The van der Waals surface area contributed by atoms with Crippen LogP contribution in [0.4, 0.5) is 0 Å². The van der Waals surface area contributed by atoms with E-state index in [1.54, 1.807) is 0 Å². The summed E-state index contributed by atoms with van der Waals surface area (Å²) in [5.74, 6) is 1.42. The highest BCUT2D eigenvalue weighted by Gasteiger charge is 2.64. The number of hydrogen-bond donors (Lipinski definition) is 1. The lowest BCUT2D eigenvalue weighted by Crippen LogP contribution is -2.60. The van der Waals surface area contributed by atoms with Gasteiger partial charge >= 0.3 is 0 Å². The summed E-state index contributed by atoms with van der Waals surface area (Å²) in [7, 11) is -3.65. The third-order valence-corrected chi connectivity index (χ3v) is 21.8. The molecule has 37 heavy (non-hydrogen) atoms. The lowest BCUT2D eigenvalue weighted by Gasteiger charge is -2.62. The summed E-state index contributed by atoms with van der Waals surface area (Å²) in [5, 5.41) is 12.6. The van der Waals surface area contributed by atoms with Gasteiger partial charge in [0.2, 0.25) is 0 Å². The van der Waals surface area contributed by atoms with E-state index in [1.807, 2.05) is 0 Å². The highest BCUT2D eigenvalue weighted by Crippen LogP contribution is 2.67. The van der Waals surface area contributed by atoms with Crippen molar-refractivity contribution in [2.75, 3.05) is 0 Å². The smallest absolute Gasteiger partial charge is 0.192 e. The lowest BCUT2D eigenvalue weighted by atomic mass is 9.45. The molecule has 8 atom stereocenters. The largest absolute Gasteiger partial charge is 0.414 e. The first kappa shape index (κ1) is 30.0. The molecule has 0 amide bonds. The first-order chi connectivity index (χ1) is 16.6. The lowest BCUT2D eigenvalue weighted by molar-refractivity contribution is -0.136. The zero-order chi connectivity index (χ0) is 28.0. The fourth-order valence-corrected chi connectivity index (χ4v) is 11.2. The predicted molar refractivity (Wildman–Crippen MR) is 162 cm³/mol. The standard InChI is InChI=1S/C32H60O3Si2/c1-28(2,3)36(10,11)34-23-16-18-30(7)22(20-23)21-32(9,33)27-24-14-15-26(31(24,8)19-17-25(27)30)35-37(12,13)29(4,5)6/h21,23-27,33H,14-20H2,1-13H3/t23-,24-,25-,26-,27-,30-,31-,32+/m0/s1. The average Bonchev–Trinajstić information content (AvgIpc) is 3.02. The molecule has 3 saturated carbocycles. The fraction of sp³-hybridized carbons (Fsp3) is 0.938. The molecule has 214 valence electrons. The second-order valence-corrected chi connectivity index (χ2v) is 26.8. The van der Waals surface area contributed by atoms with E-state index in [9.17, 15) is 5.11 Å². The summed E-state index contributed by atoms with van der Waals surface area (Å²) in [4.78, 5) is 0. The molecule has 0 unspecified atom stereocenters. The van der Waals surface area contributed by atoms with Crippen molar-refractivity contribution in [2.45, 2.75) is 161 Å². The summed E-state index contributed by atoms with van der Waals surface area (Å²) < 4.78 is 14.1. The van der Waals surface area contributed by atoms with Gasteiger partial charge in [-0.3, -0.25) is 0 Å². The van der Waals surface area contributed by atoms with Crippen molar-refractivity contribution in [3.8, 4) is 0 Å². The Hall–Kier alpha value is 0.0538. The Morgan fingerprint density at radius 1 is 0.784 bits per heavy atom. The molecule has 0 heterocycles. The maximum Gasteiger partial charge on any atom is 0.192 e. The third-order valence-electron chi connectivity index (χ3n) is 12.8. The minimum atomic E-state index is -1.84. The van der Waals surface area contributed by atoms with Crippen LogP contribution in [0.3, 0.4) is 0 Å². The van der Waals surface area contributed by atoms with Crippen molar-refractivity contribution in [2.24, 2.45) is 28.6 Å². The molecule has 0 aromatic carbocycles. The van der Waals surface area contributed by atoms with E-state index in [4.69, 9.17) is 8.85 Å². The van der Waals surface area contributed by atoms with Crippen molar-refractivity contribution in [3.05, 3.63) is 11.6 Å². The van der Waals surface area contributed by atoms with Crippen molar-refractivity contribution in [1.29, 1.82) is 0 Å². The minimum absolute atomic E-state index is 0.172.